The number of nitrogens with zero attached hydrogens (tertiary/aromatic N) is 3. The SMILES string of the molecule is Cc1nc2cc(C(=O)NCCC3(O)CCCC3)nn2c(-c2cc(F)c3c(c2C)CCCO3)c1C(OC(C)(C)C)C(=O)O. The number of fused-ring (bicyclic) bond motifs is 2. The molecule has 1 aliphatic heterocycles. The highest BCUT2D eigenvalue weighted by molar-refractivity contribution is 5.93. The summed E-state index contributed by atoms with van der Waals surface area (Å²) >= 11 is 0. The van der Waals surface area contributed by atoms with Crippen molar-refractivity contribution < 1.29 is 33.7 Å². The van der Waals surface area contributed by atoms with Crippen LogP contribution in [0.15, 0.2) is 12.1 Å². The molecule has 1 fully saturated rings. The normalized spacial score (nSPS) is 17.1. The summed E-state index contributed by atoms with van der Waals surface area (Å²) in [6.07, 6.45) is 3.70. The van der Waals surface area contributed by atoms with E-state index in [4.69, 9.17) is 9.47 Å². The molecule has 1 aromatic carbocycles. The number of carboxylic acid groups (broad SMARTS) is 1. The third kappa shape index (κ3) is 5.85. The van der Waals surface area contributed by atoms with Crippen LogP contribution in [0.25, 0.3) is 16.9 Å². The van der Waals surface area contributed by atoms with Gasteiger partial charge in [-0.1, -0.05) is 12.8 Å². The van der Waals surface area contributed by atoms with Gasteiger partial charge in [-0.25, -0.2) is 18.7 Å². The molecular weight excluding hydrogens is 543 g/mol. The number of aliphatic carboxylic acids is 1. The molecule has 0 saturated heterocycles. The van der Waals surface area contributed by atoms with Crippen molar-refractivity contribution in [2.24, 2.45) is 0 Å². The number of benzene rings is 1. The van der Waals surface area contributed by atoms with Gasteiger partial charge in [-0.2, -0.15) is 5.10 Å². The molecule has 1 saturated carbocycles. The second kappa shape index (κ2) is 11.3. The first-order valence-electron chi connectivity index (χ1n) is 14.5. The molecule has 2 aromatic heterocycles. The number of rotatable bonds is 8. The van der Waals surface area contributed by atoms with Crippen molar-refractivity contribution in [3.63, 3.8) is 0 Å². The Balaban J connectivity index is 1.65. The zero-order valence-electron chi connectivity index (χ0n) is 24.8. The molecule has 1 atom stereocenters. The molecule has 10 nitrogen and oxygen atoms in total. The van der Waals surface area contributed by atoms with Crippen molar-refractivity contribution in [3.8, 4) is 17.0 Å². The Morgan fingerprint density at radius 3 is 2.60 bits per heavy atom. The summed E-state index contributed by atoms with van der Waals surface area (Å²) in [6.45, 7) is 9.48. The van der Waals surface area contributed by atoms with Crippen LogP contribution in [0.3, 0.4) is 0 Å². The van der Waals surface area contributed by atoms with E-state index in [1.165, 1.54) is 16.6 Å². The van der Waals surface area contributed by atoms with Crippen LogP contribution in [0, 0.1) is 19.7 Å². The first-order chi connectivity index (χ1) is 19.8. The Labute approximate surface area is 244 Å². The zero-order valence-corrected chi connectivity index (χ0v) is 24.8. The molecule has 226 valence electrons. The number of carbonyl (C=O) groups is 2. The van der Waals surface area contributed by atoms with Crippen molar-refractivity contribution in [2.75, 3.05) is 13.2 Å². The highest BCUT2D eigenvalue weighted by Crippen LogP contribution is 2.41. The van der Waals surface area contributed by atoms with E-state index in [0.717, 1.165) is 37.7 Å². The molecule has 0 radical (unpaired) electrons. The van der Waals surface area contributed by atoms with Gasteiger partial charge >= 0.3 is 5.97 Å². The quantitative estimate of drug-likeness (QED) is 0.343. The summed E-state index contributed by atoms with van der Waals surface area (Å²) < 4.78 is 28.6. The topological polar surface area (TPSA) is 135 Å². The monoisotopic (exact) mass is 582 g/mol. The van der Waals surface area contributed by atoms with E-state index >= 15 is 4.39 Å². The van der Waals surface area contributed by atoms with Crippen LogP contribution in [0.1, 0.15) is 98.3 Å². The third-order valence-corrected chi connectivity index (χ3v) is 8.12. The van der Waals surface area contributed by atoms with E-state index in [1.807, 2.05) is 6.92 Å². The average Bonchev–Trinajstić information content (AvgIpc) is 3.54. The van der Waals surface area contributed by atoms with Gasteiger partial charge in [0.25, 0.3) is 5.91 Å². The van der Waals surface area contributed by atoms with Gasteiger partial charge in [0, 0.05) is 35.0 Å². The molecule has 0 spiro atoms. The van der Waals surface area contributed by atoms with E-state index in [0.29, 0.717) is 47.6 Å². The second-order valence-electron chi connectivity index (χ2n) is 12.4. The molecule has 2 aliphatic rings. The maximum Gasteiger partial charge on any atom is 0.337 e. The molecule has 5 rings (SSSR count). The van der Waals surface area contributed by atoms with Crippen LogP contribution in [0.2, 0.25) is 0 Å². The first-order valence-corrected chi connectivity index (χ1v) is 14.5. The minimum atomic E-state index is -1.44. The van der Waals surface area contributed by atoms with E-state index in [2.05, 4.69) is 15.4 Å². The molecular formula is C31H39FN4O6. The highest BCUT2D eigenvalue weighted by Gasteiger charge is 2.35. The minimum absolute atomic E-state index is 0.0711. The molecule has 3 aromatic rings. The minimum Gasteiger partial charge on any atom is -0.490 e. The lowest BCUT2D eigenvalue weighted by Crippen LogP contribution is -2.33. The number of carboxylic acids is 1. The van der Waals surface area contributed by atoms with Crippen LogP contribution in [-0.4, -0.2) is 61.0 Å². The number of hydrogen-bond acceptors (Lipinski definition) is 7. The highest BCUT2D eigenvalue weighted by atomic mass is 19.1. The standard InChI is InChI=1S/C31H39FN4O6/c1-17-19-9-8-14-41-26(19)21(32)15-20(17)25-24(27(29(38)39)42-30(3,4)5)18(2)34-23-16-22(35-36(23)25)28(37)33-13-12-31(40)10-6-7-11-31/h15-16,27,40H,6-14H2,1-5H3,(H,33,37)(H,38,39). The maximum absolute atomic E-state index is 15.5. The molecule has 1 unspecified atom stereocenters. The third-order valence-electron chi connectivity index (χ3n) is 8.12. The number of aliphatic hydroxyl groups is 1. The summed E-state index contributed by atoms with van der Waals surface area (Å²) in [7, 11) is 0. The van der Waals surface area contributed by atoms with Crippen LogP contribution in [-0.2, 0) is 16.0 Å². The summed E-state index contributed by atoms with van der Waals surface area (Å²) in [5.41, 5.74) is 1.52. The van der Waals surface area contributed by atoms with Gasteiger partial charge in [0.1, 0.15) is 0 Å². The van der Waals surface area contributed by atoms with Crippen molar-refractivity contribution in [2.45, 2.75) is 96.9 Å². The number of carbonyl (C=O) groups excluding carboxylic acids is 1. The number of nitrogens with one attached hydrogen (secondary N) is 1. The molecule has 0 bridgehead atoms. The van der Waals surface area contributed by atoms with E-state index in [1.54, 1.807) is 27.7 Å². The van der Waals surface area contributed by atoms with Gasteiger partial charge in [-0.05, 0) is 78.4 Å². The van der Waals surface area contributed by atoms with Crippen molar-refractivity contribution in [3.05, 3.63) is 46.0 Å². The average molecular weight is 583 g/mol. The van der Waals surface area contributed by atoms with Gasteiger partial charge in [0.05, 0.1) is 23.5 Å². The second-order valence-corrected chi connectivity index (χ2v) is 12.4. The molecule has 3 heterocycles. The lowest BCUT2D eigenvalue weighted by Gasteiger charge is -2.28. The van der Waals surface area contributed by atoms with Gasteiger partial charge < -0.3 is 25.0 Å². The molecule has 3 N–H and O–H groups in total. The Bertz CT molecular complexity index is 1540. The maximum atomic E-state index is 15.5. The Kier molecular flexibility index (Phi) is 8.02. The summed E-state index contributed by atoms with van der Waals surface area (Å²) in [5.74, 6) is -2.03. The Morgan fingerprint density at radius 2 is 1.93 bits per heavy atom. The molecule has 1 aliphatic carbocycles. The number of hydrogen-bond donors (Lipinski definition) is 3. The fraction of sp³-hybridized carbons (Fsp3) is 0.548. The summed E-state index contributed by atoms with van der Waals surface area (Å²) in [5, 5.41) is 28.3. The van der Waals surface area contributed by atoms with Crippen LogP contribution in [0.4, 0.5) is 4.39 Å². The number of halogens is 1. The fourth-order valence-corrected chi connectivity index (χ4v) is 6.09. The number of aromatic nitrogens is 3. The Hall–Kier alpha value is -3.57. The van der Waals surface area contributed by atoms with Gasteiger partial charge in [0.15, 0.2) is 29.0 Å². The largest absolute Gasteiger partial charge is 0.490 e. The number of amides is 1. The van der Waals surface area contributed by atoms with Crippen LogP contribution < -0.4 is 10.1 Å². The smallest absolute Gasteiger partial charge is 0.337 e. The predicted molar refractivity (Wildman–Crippen MR) is 153 cm³/mol. The summed E-state index contributed by atoms with van der Waals surface area (Å²) in [6, 6.07) is 2.85. The van der Waals surface area contributed by atoms with Gasteiger partial charge in [-0.15, -0.1) is 0 Å². The fourth-order valence-electron chi connectivity index (χ4n) is 6.09. The van der Waals surface area contributed by atoms with Crippen molar-refractivity contribution >= 4 is 17.5 Å². The molecule has 11 heteroatoms. The zero-order chi connectivity index (χ0) is 30.4. The van der Waals surface area contributed by atoms with E-state index in [-0.39, 0.29) is 23.6 Å². The number of ether oxygens (including phenoxy) is 2. The van der Waals surface area contributed by atoms with Gasteiger partial charge in [-0.3, -0.25) is 4.79 Å². The van der Waals surface area contributed by atoms with Gasteiger partial charge in [0.2, 0.25) is 0 Å². The first kappa shape index (κ1) is 29.9. The van der Waals surface area contributed by atoms with Crippen molar-refractivity contribution in [1.29, 1.82) is 0 Å². The van der Waals surface area contributed by atoms with Crippen molar-refractivity contribution in [1.82, 2.24) is 19.9 Å². The number of aryl methyl sites for hydroxylation is 1. The summed E-state index contributed by atoms with van der Waals surface area (Å²) in [4.78, 5) is 30.4. The molecule has 42 heavy (non-hydrogen) atoms. The van der Waals surface area contributed by atoms with Crippen LogP contribution >= 0.6 is 0 Å². The lowest BCUT2D eigenvalue weighted by atomic mass is 9.91. The molecule has 1 amide bonds. The van der Waals surface area contributed by atoms with E-state index in [9.17, 15) is 19.8 Å². The van der Waals surface area contributed by atoms with Crippen LogP contribution in [0.5, 0.6) is 5.75 Å². The Morgan fingerprint density at radius 1 is 1.21 bits per heavy atom. The predicted octanol–water partition coefficient (Wildman–Crippen LogP) is 4.84. The van der Waals surface area contributed by atoms with E-state index < -0.39 is 35.0 Å². The lowest BCUT2D eigenvalue weighted by molar-refractivity contribution is -0.160.